The molecule has 2 aliphatic heterocycles. The van der Waals surface area contributed by atoms with E-state index in [2.05, 4.69) is 64.7 Å². The van der Waals surface area contributed by atoms with Crippen LogP contribution < -0.4 is 9.47 Å². The van der Waals surface area contributed by atoms with Crippen LogP contribution in [0.25, 0.3) is 10.8 Å². The number of nitrogens with zero attached hydrogens (tertiary/aromatic N) is 2. The van der Waals surface area contributed by atoms with Gasteiger partial charge < -0.3 is 14.3 Å². The van der Waals surface area contributed by atoms with Crippen molar-refractivity contribution in [2.75, 3.05) is 33.4 Å². The molecule has 0 aromatic heterocycles. The Morgan fingerprint density at radius 1 is 0.970 bits per heavy atom. The van der Waals surface area contributed by atoms with Crippen molar-refractivity contribution in [1.29, 1.82) is 0 Å². The summed E-state index contributed by atoms with van der Waals surface area (Å²) in [6, 6.07) is 21.0. The molecule has 0 bridgehead atoms. The highest BCUT2D eigenvalue weighted by molar-refractivity contribution is 6.11. The predicted octanol–water partition coefficient (Wildman–Crippen LogP) is 5.45. The van der Waals surface area contributed by atoms with Gasteiger partial charge in [0, 0.05) is 24.9 Å². The van der Waals surface area contributed by atoms with Crippen LogP contribution in [0.5, 0.6) is 11.5 Å². The van der Waals surface area contributed by atoms with E-state index in [9.17, 15) is 0 Å². The first-order chi connectivity index (χ1) is 16.3. The van der Waals surface area contributed by atoms with Gasteiger partial charge in [0.05, 0.1) is 12.8 Å². The van der Waals surface area contributed by atoms with E-state index in [-0.39, 0.29) is 6.10 Å². The van der Waals surface area contributed by atoms with Crippen molar-refractivity contribution in [3.05, 3.63) is 71.8 Å². The average Bonchev–Trinajstić information content (AvgIpc) is 3.33. The second kappa shape index (κ2) is 10.3. The number of likely N-dealkylation sites (tertiary alicyclic amines) is 1. The van der Waals surface area contributed by atoms with Crippen LogP contribution in [0.15, 0.2) is 65.8 Å². The lowest BCUT2D eigenvalue weighted by atomic mass is 9.96. The summed E-state index contributed by atoms with van der Waals surface area (Å²) in [6.07, 6.45) is 5.55. The largest absolute Gasteiger partial charge is 0.493 e. The Hall–Kier alpha value is -3.05. The molecule has 5 heteroatoms. The molecule has 0 saturated carbocycles. The molecule has 2 heterocycles. The fourth-order valence-corrected chi connectivity index (χ4v) is 4.86. The maximum atomic E-state index is 6.05. The molecule has 1 unspecified atom stereocenters. The quantitative estimate of drug-likeness (QED) is 0.463. The van der Waals surface area contributed by atoms with E-state index in [0.717, 1.165) is 47.7 Å². The summed E-state index contributed by atoms with van der Waals surface area (Å²) >= 11 is 0. The number of fused-ring (bicyclic) bond motifs is 1. The van der Waals surface area contributed by atoms with E-state index < -0.39 is 0 Å². The van der Waals surface area contributed by atoms with Gasteiger partial charge in [-0.15, -0.1) is 0 Å². The van der Waals surface area contributed by atoms with Crippen LogP contribution in [0.2, 0.25) is 0 Å². The summed E-state index contributed by atoms with van der Waals surface area (Å²) in [6.45, 7) is 4.02. The number of oxime groups is 1. The van der Waals surface area contributed by atoms with Crippen LogP contribution in [-0.4, -0.2) is 50.1 Å². The van der Waals surface area contributed by atoms with E-state index in [1.807, 2.05) is 6.07 Å². The molecule has 1 saturated heterocycles. The molecule has 5 rings (SSSR count). The summed E-state index contributed by atoms with van der Waals surface area (Å²) in [5, 5.41) is 6.88. The lowest BCUT2D eigenvalue weighted by Crippen LogP contribution is -2.33. The van der Waals surface area contributed by atoms with Crippen molar-refractivity contribution in [1.82, 2.24) is 4.90 Å². The minimum atomic E-state index is 0.0227. The normalized spacial score (nSPS) is 18.7. The molecule has 0 spiro atoms. The second-order valence-electron chi connectivity index (χ2n) is 8.94. The first-order valence-electron chi connectivity index (χ1n) is 12.0. The number of ether oxygens (including phenoxy) is 2. The minimum Gasteiger partial charge on any atom is -0.493 e. The molecule has 33 heavy (non-hydrogen) atoms. The highest BCUT2D eigenvalue weighted by Gasteiger charge is 2.24. The molecule has 1 fully saturated rings. The molecular weight excluding hydrogens is 412 g/mol. The third kappa shape index (κ3) is 5.14. The molecule has 0 radical (unpaired) electrons. The van der Waals surface area contributed by atoms with Crippen molar-refractivity contribution in [3.8, 4) is 11.5 Å². The summed E-state index contributed by atoms with van der Waals surface area (Å²) < 4.78 is 11.7. The van der Waals surface area contributed by atoms with Crippen molar-refractivity contribution in [2.24, 2.45) is 5.16 Å². The lowest BCUT2D eigenvalue weighted by Gasteiger charge is -2.26. The molecule has 5 nitrogen and oxygen atoms in total. The zero-order chi connectivity index (χ0) is 22.5. The van der Waals surface area contributed by atoms with Crippen molar-refractivity contribution in [2.45, 2.75) is 38.2 Å². The highest BCUT2D eigenvalue weighted by Crippen LogP contribution is 2.31. The van der Waals surface area contributed by atoms with E-state index in [4.69, 9.17) is 14.3 Å². The molecule has 2 aliphatic rings. The van der Waals surface area contributed by atoms with Crippen LogP contribution in [0, 0.1) is 0 Å². The average molecular weight is 445 g/mol. The fraction of sp³-hybridized carbons (Fsp3) is 0.393. The Kier molecular flexibility index (Phi) is 6.77. The van der Waals surface area contributed by atoms with Crippen LogP contribution >= 0.6 is 0 Å². The maximum Gasteiger partial charge on any atom is 0.161 e. The first kappa shape index (κ1) is 21.8. The highest BCUT2D eigenvalue weighted by atomic mass is 16.6. The maximum absolute atomic E-state index is 6.05. The Bertz CT molecular complexity index is 1120. The van der Waals surface area contributed by atoms with Crippen molar-refractivity contribution < 1.29 is 14.3 Å². The summed E-state index contributed by atoms with van der Waals surface area (Å²) in [7, 11) is 1.70. The van der Waals surface area contributed by atoms with Gasteiger partial charge in [0.15, 0.2) is 11.5 Å². The monoisotopic (exact) mass is 444 g/mol. The topological polar surface area (TPSA) is 43.3 Å². The van der Waals surface area contributed by atoms with E-state index in [1.54, 1.807) is 7.11 Å². The molecule has 3 aromatic carbocycles. The Morgan fingerprint density at radius 3 is 2.70 bits per heavy atom. The van der Waals surface area contributed by atoms with Gasteiger partial charge in [0.1, 0.15) is 12.7 Å². The Labute approximate surface area is 195 Å². The van der Waals surface area contributed by atoms with Gasteiger partial charge in [0.2, 0.25) is 0 Å². The van der Waals surface area contributed by atoms with Gasteiger partial charge in [-0.05, 0) is 54.4 Å². The number of piperidine rings is 1. The Balaban J connectivity index is 1.19. The number of rotatable bonds is 8. The molecule has 0 aliphatic carbocycles. The zero-order valence-corrected chi connectivity index (χ0v) is 19.3. The van der Waals surface area contributed by atoms with Gasteiger partial charge in [-0.25, -0.2) is 0 Å². The summed E-state index contributed by atoms with van der Waals surface area (Å²) in [5.74, 6) is 1.58. The van der Waals surface area contributed by atoms with Crippen LogP contribution in [0.1, 0.15) is 36.8 Å². The van der Waals surface area contributed by atoms with Crippen molar-refractivity contribution in [3.63, 3.8) is 0 Å². The smallest absolute Gasteiger partial charge is 0.161 e. The van der Waals surface area contributed by atoms with Gasteiger partial charge in [-0.2, -0.15) is 0 Å². The number of methoxy groups -OCH3 is 1. The second-order valence-corrected chi connectivity index (χ2v) is 8.94. The third-order valence-corrected chi connectivity index (χ3v) is 6.64. The van der Waals surface area contributed by atoms with E-state index >= 15 is 0 Å². The number of hydrogen-bond acceptors (Lipinski definition) is 5. The van der Waals surface area contributed by atoms with Gasteiger partial charge in [0.25, 0.3) is 0 Å². The minimum absolute atomic E-state index is 0.0227. The molecule has 3 aromatic rings. The summed E-state index contributed by atoms with van der Waals surface area (Å²) in [4.78, 5) is 8.30. The van der Waals surface area contributed by atoms with Crippen LogP contribution in [0.4, 0.5) is 0 Å². The van der Waals surface area contributed by atoms with Crippen molar-refractivity contribution >= 4 is 16.5 Å². The van der Waals surface area contributed by atoms with E-state index in [0.29, 0.717) is 6.61 Å². The van der Waals surface area contributed by atoms with Crippen LogP contribution in [-0.2, 0) is 11.3 Å². The standard InChI is InChI=1S/C28H32N2O3/c1-31-28-19-21(12-13-27(28)32-17-16-30-14-5-2-6-15-30)18-23-20-26(29-33-23)25-11-7-9-22-8-3-4-10-24(22)25/h3-4,7-13,19,23H,2,5-6,14-18,20H2,1H3. The van der Waals surface area contributed by atoms with Gasteiger partial charge in [-0.3, -0.25) is 4.90 Å². The molecule has 0 amide bonds. The number of benzene rings is 3. The molecule has 1 atom stereocenters. The predicted molar refractivity (Wildman–Crippen MR) is 132 cm³/mol. The molecular formula is C28H32N2O3. The first-order valence-corrected chi connectivity index (χ1v) is 12.0. The molecule has 0 N–H and O–H groups in total. The third-order valence-electron chi connectivity index (χ3n) is 6.64. The SMILES string of the molecule is COc1cc(CC2CC(c3cccc4ccccc34)=NO2)ccc1OCCN1CCCCC1. The van der Waals surface area contributed by atoms with Gasteiger partial charge >= 0.3 is 0 Å². The zero-order valence-electron chi connectivity index (χ0n) is 19.3. The van der Waals surface area contributed by atoms with E-state index in [1.165, 1.54) is 43.1 Å². The van der Waals surface area contributed by atoms with Gasteiger partial charge in [-0.1, -0.05) is 60.1 Å². The lowest BCUT2D eigenvalue weighted by molar-refractivity contribution is 0.0858. The summed E-state index contributed by atoms with van der Waals surface area (Å²) in [5.41, 5.74) is 3.33. The number of hydrogen-bond donors (Lipinski definition) is 0. The molecule has 172 valence electrons. The Morgan fingerprint density at radius 2 is 1.82 bits per heavy atom. The fourth-order valence-electron chi connectivity index (χ4n) is 4.86. The van der Waals surface area contributed by atoms with Crippen LogP contribution in [0.3, 0.4) is 0 Å².